The average molecular weight is 268 g/mol. The van der Waals surface area contributed by atoms with E-state index in [4.69, 9.17) is 0 Å². The zero-order valence-electron chi connectivity index (χ0n) is 9.93. The van der Waals surface area contributed by atoms with E-state index in [9.17, 15) is 13.2 Å². The van der Waals surface area contributed by atoms with Gasteiger partial charge in [-0.1, -0.05) is 18.2 Å². The number of carbonyl (C=O) groups excluding carboxylic acids is 1. The molecular formula is C12H16N2O3S. The van der Waals surface area contributed by atoms with Gasteiger partial charge in [-0.2, -0.15) is 4.72 Å². The van der Waals surface area contributed by atoms with Gasteiger partial charge in [-0.05, 0) is 31.4 Å². The molecule has 0 radical (unpaired) electrons. The van der Waals surface area contributed by atoms with E-state index in [2.05, 4.69) is 10.0 Å². The van der Waals surface area contributed by atoms with E-state index in [0.29, 0.717) is 13.0 Å². The largest absolute Gasteiger partial charge is 0.355 e. The van der Waals surface area contributed by atoms with Crippen LogP contribution in [0.2, 0.25) is 0 Å². The lowest BCUT2D eigenvalue weighted by Crippen LogP contribution is -2.45. The highest BCUT2D eigenvalue weighted by molar-refractivity contribution is 7.89. The molecule has 0 aliphatic carbocycles. The van der Waals surface area contributed by atoms with Gasteiger partial charge in [0.2, 0.25) is 15.9 Å². The quantitative estimate of drug-likeness (QED) is 0.844. The van der Waals surface area contributed by atoms with Crippen LogP contribution >= 0.6 is 0 Å². The first-order valence-electron chi connectivity index (χ1n) is 5.95. The van der Waals surface area contributed by atoms with Gasteiger partial charge in [-0.3, -0.25) is 4.79 Å². The molecule has 98 valence electrons. The van der Waals surface area contributed by atoms with Crippen molar-refractivity contribution in [3.63, 3.8) is 0 Å². The van der Waals surface area contributed by atoms with E-state index in [1.54, 1.807) is 18.2 Å². The molecule has 0 bridgehead atoms. The summed E-state index contributed by atoms with van der Waals surface area (Å²) in [6.45, 7) is 0.613. The first-order valence-corrected chi connectivity index (χ1v) is 7.43. The van der Waals surface area contributed by atoms with Crippen LogP contribution in [-0.2, 0) is 14.8 Å². The molecule has 0 saturated carbocycles. The number of benzene rings is 1. The Bertz CT molecular complexity index is 513. The maximum Gasteiger partial charge on any atom is 0.241 e. The topological polar surface area (TPSA) is 75.3 Å². The normalized spacial score (nSPS) is 21.1. The maximum absolute atomic E-state index is 12.1. The minimum atomic E-state index is -3.62. The molecule has 1 fully saturated rings. The maximum atomic E-state index is 12.1. The van der Waals surface area contributed by atoms with E-state index in [0.717, 1.165) is 12.8 Å². The van der Waals surface area contributed by atoms with Crippen LogP contribution in [0.5, 0.6) is 0 Å². The molecule has 1 saturated heterocycles. The van der Waals surface area contributed by atoms with Crippen LogP contribution < -0.4 is 10.0 Å². The molecule has 5 nitrogen and oxygen atoms in total. The predicted octanol–water partition coefficient (Wildman–Crippen LogP) is 0.634. The van der Waals surface area contributed by atoms with Gasteiger partial charge in [-0.25, -0.2) is 8.42 Å². The fourth-order valence-corrected chi connectivity index (χ4v) is 3.16. The second-order valence-electron chi connectivity index (χ2n) is 4.27. The van der Waals surface area contributed by atoms with Crippen LogP contribution in [0.25, 0.3) is 0 Å². The smallest absolute Gasteiger partial charge is 0.241 e. The van der Waals surface area contributed by atoms with Crippen LogP contribution in [0.4, 0.5) is 0 Å². The number of nitrogens with one attached hydrogen (secondary N) is 2. The Morgan fingerprint density at radius 1 is 1.17 bits per heavy atom. The van der Waals surface area contributed by atoms with Crippen molar-refractivity contribution in [1.29, 1.82) is 0 Å². The SMILES string of the molecule is O=C1NCCCC[C@@H]1NS(=O)(=O)c1ccccc1. The Labute approximate surface area is 107 Å². The summed E-state index contributed by atoms with van der Waals surface area (Å²) in [5, 5.41) is 2.70. The van der Waals surface area contributed by atoms with E-state index >= 15 is 0 Å². The molecule has 2 N–H and O–H groups in total. The fraction of sp³-hybridized carbons (Fsp3) is 0.417. The van der Waals surface area contributed by atoms with Crippen molar-refractivity contribution in [2.45, 2.75) is 30.2 Å². The van der Waals surface area contributed by atoms with Gasteiger partial charge in [0.05, 0.1) is 4.90 Å². The summed E-state index contributed by atoms with van der Waals surface area (Å²) < 4.78 is 26.6. The lowest BCUT2D eigenvalue weighted by Gasteiger charge is -2.15. The van der Waals surface area contributed by atoms with Gasteiger partial charge in [-0.15, -0.1) is 0 Å². The van der Waals surface area contributed by atoms with Crippen molar-refractivity contribution >= 4 is 15.9 Å². The Balaban J connectivity index is 2.15. The van der Waals surface area contributed by atoms with Gasteiger partial charge >= 0.3 is 0 Å². The minimum absolute atomic E-state index is 0.182. The molecule has 0 aromatic heterocycles. The molecule has 1 aliphatic rings. The molecule has 2 rings (SSSR count). The summed E-state index contributed by atoms with van der Waals surface area (Å²) >= 11 is 0. The van der Waals surface area contributed by atoms with E-state index in [-0.39, 0.29) is 10.8 Å². The summed E-state index contributed by atoms with van der Waals surface area (Å²) in [6.07, 6.45) is 2.26. The summed E-state index contributed by atoms with van der Waals surface area (Å²) in [4.78, 5) is 11.9. The van der Waals surface area contributed by atoms with Crippen LogP contribution in [-0.4, -0.2) is 26.9 Å². The molecular weight excluding hydrogens is 252 g/mol. The summed E-state index contributed by atoms with van der Waals surface area (Å²) in [6, 6.07) is 7.41. The molecule has 0 spiro atoms. The molecule has 1 amide bonds. The highest BCUT2D eigenvalue weighted by Crippen LogP contribution is 2.12. The molecule has 1 heterocycles. The molecule has 1 atom stereocenters. The van der Waals surface area contributed by atoms with Crippen molar-refractivity contribution in [2.75, 3.05) is 6.54 Å². The Hall–Kier alpha value is -1.40. The second kappa shape index (κ2) is 5.49. The van der Waals surface area contributed by atoms with Gasteiger partial charge in [0, 0.05) is 6.54 Å². The Kier molecular flexibility index (Phi) is 3.98. The zero-order chi connectivity index (χ0) is 13.0. The van der Waals surface area contributed by atoms with Crippen molar-refractivity contribution in [1.82, 2.24) is 10.0 Å². The van der Waals surface area contributed by atoms with Gasteiger partial charge in [0.15, 0.2) is 0 Å². The third kappa shape index (κ3) is 3.08. The minimum Gasteiger partial charge on any atom is -0.355 e. The molecule has 1 aliphatic heterocycles. The molecule has 0 unspecified atom stereocenters. The lowest BCUT2D eigenvalue weighted by molar-refractivity contribution is -0.122. The predicted molar refractivity (Wildman–Crippen MR) is 67.4 cm³/mol. The van der Waals surface area contributed by atoms with Crippen molar-refractivity contribution in [3.8, 4) is 0 Å². The second-order valence-corrected chi connectivity index (χ2v) is 5.99. The van der Waals surface area contributed by atoms with E-state index in [1.807, 2.05) is 0 Å². The van der Waals surface area contributed by atoms with Crippen LogP contribution in [0.15, 0.2) is 35.2 Å². The van der Waals surface area contributed by atoms with Crippen LogP contribution in [0.3, 0.4) is 0 Å². The van der Waals surface area contributed by atoms with Crippen molar-refractivity contribution < 1.29 is 13.2 Å². The molecule has 1 aromatic carbocycles. The standard InChI is InChI=1S/C12H16N2O3S/c15-12-11(8-4-5-9-13-12)14-18(16,17)10-6-2-1-3-7-10/h1-3,6-7,11,14H,4-5,8-9H2,(H,13,15)/t11-/m0/s1. The molecule has 6 heteroatoms. The number of carbonyl (C=O) groups is 1. The summed E-state index contributed by atoms with van der Waals surface area (Å²) in [5.41, 5.74) is 0. The highest BCUT2D eigenvalue weighted by Gasteiger charge is 2.26. The molecule has 1 aromatic rings. The van der Waals surface area contributed by atoms with Gasteiger partial charge in [0.1, 0.15) is 6.04 Å². The number of hydrogen-bond acceptors (Lipinski definition) is 3. The summed E-state index contributed by atoms with van der Waals surface area (Å²) in [5.74, 6) is -0.244. The van der Waals surface area contributed by atoms with Gasteiger partial charge < -0.3 is 5.32 Å². The number of hydrogen-bond donors (Lipinski definition) is 2. The first-order chi connectivity index (χ1) is 8.59. The summed E-state index contributed by atoms with van der Waals surface area (Å²) in [7, 11) is -3.62. The highest BCUT2D eigenvalue weighted by atomic mass is 32.2. The van der Waals surface area contributed by atoms with Crippen molar-refractivity contribution in [2.24, 2.45) is 0 Å². The number of amides is 1. The van der Waals surface area contributed by atoms with Crippen LogP contribution in [0, 0.1) is 0 Å². The van der Waals surface area contributed by atoms with Gasteiger partial charge in [0.25, 0.3) is 0 Å². The average Bonchev–Trinajstić information content (AvgIpc) is 2.56. The first kappa shape index (κ1) is 13.0. The Morgan fingerprint density at radius 3 is 2.61 bits per heavy atom. The molecule has 18 heavy (non-hydrogen) atoms. The number of sulfonamides is 1. The lowest BCUT2D eigenvalue weighted by atomic mass is 10.1. The van der Waals surface area contributed by atoms with E-state index in [1.165, 1.54) is 12.1 Å². The monoisotopic (exact) mass is 268 g/mol. The third-order valence-corrected chi connectivity index (χ3v) is 4.37. The van der Waals surface area contributed by atoms with E-state index < -0.39 is 16.1 Å². The zero-order valence-corrected chi connectivity index (χ0v) is 10.7. The Morgan fingerprint density at radius 2 is 1.89 bits per heavy atom. The van der Waals surface area contributed by atoms with Crippen LogP contribution in [0.1, 0.15) is 19.3 Å². The van der Waals surface area contributed by atoms with Crippen molar-refractivity contribution in [3.05, 3.63) is 30.3 Å². The fourth-order valence-electron chi connectivity index (χ4n) is 1.91. The third-order valence-electron chi connectivity index (χ3n) is 2.89. The number of rotatable bonds is 3.